The SMILES string of the molecule is COC(=O)C(C)(NCCN(C)C)c1nccs1. The Hall–Kier alpha value is -0.980. The van der Waals surface area contributed by atoms with Crippen LogP contribution in [0.3, 0.4) is 0 Å². The van der Waals surface area contributed by atoms with Gasteiger partial charge in [0.25, 0.3) is 0 Å². The Kier molecular flexibility index (Phi) is 5.04. The number of carbonyl (C=O) groups excluding carboxylic acids is 1. The lowest BCUT2D eigenvalue weighted by Gasteiger charge is -2.26. The molecule has 0 radical (unpaired) electrons. The van der Waals surface area contributed by atoms with Crippen molar-refractivity contribution in [2.45, 2.75) is 12.5 Å². The van der Waals surface area contributed by atoms with E-state index in [0.29, 0.717) is 6.54 Å². The number of nitrogens with zero attached hydrogens (tertiary/aromatic N) is 2. The largest absolute Gasteiger partial charge is 0.467 e. The molecule has 0 aliphatic rings. The van der Waals surface area contributed by atoms with Crippen LogP contribution in [0.2, 0.25) is 0 Å². The van der Waals surface area contributed by atoms with E-state index in [2.05, 4.69) is 10.3 Å². The van der Waals surface area contributed by atoms with Crippen LogP contribution in [-0.4, -0.2) is 50.1 Å². The molecule has 0 spiro atoms. The average molecular weight is 257 g/mol. The molecule has 0 saturated heterocycles. The zero-order valence-electron chi connectivity index (χ0n) is 10.7. The highest BCUT2D eigenvalue weighted by Gasteiger charge is 2.38. The van der Waals surface area contributed by atoms with Crippen LogP contribution in [0.4, 0.5) is 0 Å². The fourth-order valence-electron chi connectivity index (χ4n) is 1.44. The number of methoxy groups -OCH3 is 1. The minimum atomic E-state index is -0.862. The van der Waals surface area contributed by atoms with E-state index in [0.717, 1.165) is 11.6 Å². The van der Waals surface area contributed by atoms with E-state index in [4.69, 9.17) is 4.74 Å². The third kappa shape index (κ3) is 3.49. The summed E-state index contributed by atoms with van der Waals surface area (Å²) in [6.07, 6.45) is 1.69. The molecular weight excluding hydrogens is 238 g/mol. The van der Waals surface area contributed by atoms with Gasteiger partial charge in [-0.15, -0.1) is 11.3 Å². The van der Waals surface area contributed by atoms with Gasteiger partial charge in [0.15, 0.2) is 5.54 Å². The number of likely N-dealkylation sites (N-methyl/N-ethyl adjacent to an activating group) is 1. The van der Waals surface area contributed by atoms with E-state index >= 15 is 0 Å². The van der Waals surface area contributed by atoms with Crippen molar-refractivity contribution in [1.82, 2.24) is 15.2 Å². The number of aromatic nitrogens is 1. The first-order chi connectivity index (χ1) is 8.00. The lowest BCUT2D eigenvalue weighted by molar-refractivity contribution is -0.148. The summed E-state index contributed by atoms with van der Waals surface area (Å²) in [6.45, 7) is 3.34. The van der Waals surface area contributed by atoms with Gasteiger partial charge in [0.2, 0.25) is 0 Å². The molecule has 0 aliphatic carbocycles. The van der Waals surface area contributed by atoms with Crippen LogP contribution in [0.5, 0.6) is 0 Å². The molecule has 0 bridgehead atoms. The molecule has 1 N–H and O–H groups in total. The lowest BCUT2D eigenvalue weighted by Crippen LogP contribution is -2.49. The zero-order valence-corrected chi connectivity index (χ0v) is 11.5. The molecule has 6 heteroatoms. The molecule has 1 heterocycles. The summed E-state index contributed by atoms with van der Waals surface area (Å²) in [5, 5.41) is 5.79. The van der Waals surface area contributed by atoms with Crippen molar-refractivity contribution in [3.8, 4) is 0 Å². The van der Waals surface area contributed by atoms with Gasteiger partial charge < -0.3 is 9.64 Å². The third-order valence-corrected chi connectivity index (χ3v) is 3.49. The van der Waals surface area contributed by atoms with Crippen LogP contribution in [-0.2, 0) is 15.1 Å². The van der Waals surface area contributed by atoms with Gasteiger partial charge in [-0.25, -0.2) is 9.78 Å². The van der Waals surface area contributed by atoms with Gasteiger partial charge in [0.05, 0.1) is 7.11 Å². The van der Waals surface area contributed by atoms with Crippen LogP contribution in [0.1, 0.15) is 11.9 Å². The summed E-state index contributed by atoms with van der Waals surface area (Å²) >= 11 is 1.44. The summed E-state index contributed by atoms with van der Waals surface area (Å²) in [7, 11) is 5.36. The van der Waals surface area contributed by atoms with Gasteiger partial charge >= 0.3 is 5.97 Å². The Morgan fingerprint density at radius 1 is 1.65 bits per heavy atom. The van der Waals surface area contributed by atoms with Gasteiger partial charge in [-0.2, -0.15) is 0 Å². The Labute approximate surface area is 106 Å². The van der Waals surface area contributed by atoms with Gasteiger partial charge in [0.1, 0.15) is 5.01 Å². The topological polar surface area (TPSA) is 54.5 Å². The minimum Gasteiger partial charge on any atom is -0.467 e. The number of carbonyl (C=O) groups is 1. The van der Waals surface area contributed by atoms with E-state index in [-0.39, 0.29) is 5.97 Å². The predicted octanol–water partition coefficient (Wildman–Crippen LogP) is 0.683. The van der Waals surface area contributed by atoms with Crippen LogP contribution < -0.4 is 5.32 Å². The van der Waals surface area contributed by atoms with Crippen LogP contribution >= 0.6 is 11.3 Å². The highest BCUT2D eigenvalue weighted by atomic mass is 32.1. The molecule has 0 amide bonds. The summed E-state index contributed by atoms with van der Waals surface area (Å²) in [4.78, 5) is 18.1. The maximum absolute atomic E-state index is 11.9. The van der Waals surface area contributed by atoms with Crippen molar-refractivity contribution in [1.29, 1.82) is 0 Å². The van der Waals surface area contributed by atoms with E-state index < -0.39 is 5.54 Å². The monoisotopic (exact) mass is 257 g/mol. The summed E-state index contributed by atoms with van der Waals surface area (Å²) in [6, 6.07) is 0. The van der Waals surface area contributed by atoms with Crippen molar-refractivity contribution in [2.75, 3.05) is 34.3 Å². The van der Waals surface area contributed by atoms with E-state index in [1.165, 1.54) is 18.4 Å². The first-order valence-corrected chi connectivity index (χ1v) is 6.27. The Balaban J connectivity index is 2.77. The Morgan fingerprint density at radius 3 is 2.82 bits per heavy atom. The molecule has 96 valence electrons. The number of thiazole rings is 1. The van der Waals surface area contributed by atoms with Crippen molar-refractivity contribution in [3.63, 3.8) is 0 Å². The third-order valence-electron chi connectivity index (χ3n) is 2.49. The number of hydrogen-bond donors (Lipinski definition) is 1. The molecule has 1 atom stereocenters. The summed E-state index contributed by atoms with van der Waals surface area (Å²) < 4.78 is 4.85. The second-order valence-corrected chi connectivity index (χ2v) is 5.08. The van der Waals surface area contributed by atoms with Gasteiger partial charge in [-0.1, -0.05) is 0 Å². The van der Waals surface area contributed by atoms with Crippen molar-refractivity contribution in [2.24, 2.45) is 0 Å². The van der Waals surface area contributed by atoms with Crippen molar-refractivity contribution >= 4 is 17.3 Å². The van der Waals surface area contributed by atoms with Gasteiger partial charge in [-0.3, -0.25) is 5.32 Å². The molecule has 0 saturated carbocycles. The number of nitrogens with one attached hydrogen (secondary N) is 1. The number of rotatable bonds is 6. The van der Waals surface area contributed by atoms with Crippen molar-refractivity contribution < 1.29 is 9.53 Å². The van der Waals surface area contributed by atoms with Crippen LogP contribution in [0, 0.1) is 0 Å². The molecule has 17 heavy (non-hydrogen) atoms. The highest BCUT2D eigenvalue weighted by Crippen LogP contribution is 2.24. The smallest absolute Gasteiger partial charge is 0.332 e. The molecule has 0 aliphatic heterocycles. The lowest BCUT2D eigenvalue weighted by atomic mass is 10.0. The van der Waals surface area contributed by atoms with Crippen LogP contribution in [0.15, 0.2) is 11.6 Å². The number of ether oxygens (including phenoxy) is 1. The molecule has 1 unspecified atom stereocenters. The predicted molar refractivity (Wildman–Crippen MR) is 68.0 cm³/mol. The fraction of sp³-hybridized carbons (Fsp3) is 0.636. The molecule has 1 aromatic heterocycles. The van der Waals surface area contributed by atoms with Gasteiger partial charge in [-0.05, 0) is 21.0 Å². The quantitative estimate of drug-likeness (QED) is 0.760. The minimum absolute atomic E-state index is 0.314. The maximum atomic E-state index is 11.9. The van der Waals surface area contributed by atoms with E-state index in [9.17, 15) is 4.79 Å². The highest BCUT2D eigenvalue weighted by molar-refractivity contribution is 7.09. The van der Waals surface area contributed by atoms with Crippen molar-refractivity contribution in [3.05, 3.63) is 16.6 Å². The van der Waals surface area contributed by atoms with E-state index in [1.54, 1.807) is 13.1 Å². The number of hydrogen-bond acceptors (Lipinski definition) is 6. The second kappa shape index (κ2) is 6.09. The first-order valence-electron chi connectivity index (χ1n) is 5.39. The maximum Gasteiger partial charge on any atom is 0.332 e. The summed E-state index contributed by atoms with van der Waals surface area (Å²) in [5.41, 5.74) is -0.862. The molecule has 1 aromatic rings. The molecule has 0 aromatic carbocycles. The van der Waals surface area contributed by atoms with Gasteiger partial charge in [0, 0.05) is 24.7 Å². The Morgan fingerprint density at radius 2 is 2.35 bits per heavy atom. The number of esters is 1. The fourth-order valence-corrected chi connectivity index (χ4v) is 2.20. The molecule has 5 nitrogen and oxygen atoms in total. The second-order valence-electron chi connectivity index (χ2n) is 4.18. The molecule has 0 fully saturated rings. The van der Waals surface area contributed by atoms with E-state index in [1.807, 2.05) is 24.4 Å². The average Bonchev–Trinajstić information content (AvgIpc) is 2.81. The first kappa shape index (κ1) is 14.1. The zero-order chi connectivity index (χ0) is 12.9. The standard InChI is InChI=1S/C11H19N3O2S/c1-11(10(15)16-4,9-12-6-8-17-9)13-5-7-14(2)3/h6,8,13H,5,7H2,1-4H3. The Bertz CT molecular complexity index is 354. The normalized spacial score (nSPS) is 14.6. The molecular formula is C11H19N3O2S. The van der Waals surface area contributed by atoms with Crippen LogP contribution in [0.25, 0.3) is 0 Å². The molecule has 1 rings (SSSR count). The summed E-state index contributed by atoms with van der Waals surface area (Å²) in [5.74, 6) is -0.314.